The van der Waals surface area contributed by atoms with Gasteiger partial charge in [-0.2, -0.15) is 0 Å². The molecule has 5 aromatic rings. The van der Waals surface area contributed by atoms with Crippen molar-refractivity contribution in [3.05, 3.63) is 66.7 Å². The normalized spacial score (nSPS) is 11.8. The maximum Gasteiger partial charge on any atom is 0.201 e. The quantitative estimate of drug-likeness (QED) is 0.333. The minimum atomic E-state index is -0.0468. The van der Waals surface area contributed by atoms with E-state index >= 15 is 0 Å². The van der Waals surface area contributed by atoms with Crippen molar-refractivity contribution in [3.63, 3.8) is 0 Å². The van der Waals surface area contributed by atoms with E-state index < -0.39 is 0 Å². The molecule has 1 aromatic heterocycles. The molecule has 0 aliphatic heterocycles. The Morgan fingerprint density at radius 1 is 0.654 bits per heavy atom. The van der Waals surface area contributed by atoms with Gasteiger partial charge in [0.25, 0.3) is 0 Å². The summed E-state index contributed by atoms with van der Waals surface area (Å²) in [5.41, 5.74) is 2.95. The second-order valence-electron chi connectivity index (χ2n) is 6.65. The number of rotatable bonds is 1. The maximum absolute atomic E-state index is 5.98. The second kappa shape index (κ2) is 5.82. The highest BCUT2D eigenvalue weighted by molar-refractivity contribution is 7.15. The van der Waals surface area contributed by atoms with Crippen LogP contribution in [0.4, 0.5) is 5.69 Å². The van der Waals surface area contributed by atoms with Crippen molar-refractivity contribution in [3.8, 4) is 0 Å². The molecule has 0 saturated heterocycles. The molecule has 0 aliphatic carbocycles. The first kappa shape index (κ1) is 15.4. The summed E-state index contributed by atoms with van der Waals surface area (Å²) in [6, 6.07) is 23.2. The summed E-state index contributed by atoms with van der Waals surface area (Å²) in [5, 5.41) is 7.01. The maximum atomic E-state index is 5.98. The van der Waals surface area contributed by atoms with Crippen molar-refractivity contribution in [1.29, 1.82) is 0 Å². The van der Waals surface area contributed by atoms with E-state index in [9.17, 15) is 0 Å². The van der Waals surface area contributed by atoms with E-state index in [1.807, 2.05) is 0 Å². The zero-order valence-electron chi connectivity index (χ0n) is 14.6. The van der Waals surface area contributed by atoms with Crippen molar-refractivity contribution in [2.75, 3.05) is 19.0 Å². The predicted octanol–water partition coefficient (Wildman–Crippen LogP) is 6.71. The van der Waals surface area contributed by atoms with Crippen LogP contribution < -0.4 is 4.90 Å². The van der Waals surface area contributed by atoms with E-state index in [0.29, 0.717) is 0 Å². The van der Waals surface area contributed by atoms with E-state index in [1.54, 1.807) is 0 Å². The molecular formula is C22H18NO2P. The topological polar surface area (TPSA) is 29.5 Å². The van der Waals surface area contributed by atoms with E-state index in [1.165, 1.54) is 27.2 Å². The van der Waals surface area contributed by atoms with Crippen molar-refractivity contribution >= 4 is 57.8 Å². The van der Waals surface area contributed by atoms with Crippen LogP contribution in [0.25, 0.3) is 43.5 Å². The lowest BCUT2D eigenvalue weighted by Gasteiger charge is -2.16. The van der Waals surface area contributed by atoms with Crippen LogP contribution in [0.5, 0.6) is 0 Å². The van der Waals surface area contributed by atoms with Gasteiger partial charge in [0.05, 0.1) is 0 Å². The molecule has 128 valence electrons. The van der Waals surface area contributed by atoms with E-state index in [2.05, 4.69) is 85.7 Å². The van der Waals surface area contributed by atoms with Crippen molar-refractivity contribution in [2.45, 2.75) is 0 Å². The molecular weight excluding hydrogens is 341 g/mol. The summed E-state index contributed by atoms with van der Waals surface area (Å²) in [6.45, 7) is 0. The molecule has 0 N–H and O–H groups in total. The highest BCUT2D eigenvalue weighted by atomic mass is 31.1. The van der Waals surface area contributed by atoms with Gasteiger partial charge in [-0.05, 0) is 40.4 Å². The van der Waals surface area contributed by atoms with Crippen molar-refractivity contribution < 1.29 is 8.39 Å². The second-order valence-corrected chi connectivity index (χ2v) is 7.23. The Bertz CT molecular complexity index is 1320. The van der Waals surface area contributed by atoms with Crippen molar-refractivity contribution in [1.82, 2.24) is 0 Å². The molecule has 4 aromatic carbocycles. The fourth-order valence-corrected chi connectivity index (χ4v) is 4.32. The van der Waals surface area contributed by atoms with Gasteiger partial charge in [0, 0.05) is 35.9 Å². The van der Waals surface area contributed by atoms with Gasteiger partial charge in [0.2, 0.25) is 8.67 Å². The van der Waals surface area contributed by atoms with Gasteiger partial charge < -0.3 is 13.3 Å². The van der Waals surface area contributed by atoms with Gasteiger partial charge in [-0.3, -0.25) is 0 Å². The van der Waals surface area contributed by atoms with Crippen LogP contribution in [-0.4, -0.2) is 14.1 Å². The number of nitrogens with zero attached hydrogens (tertiary/aromatic N) is 1. The molecule has 26 heavy (non-hydrogen) atoms. The fourth-order valence-electron chi connectivity index (χ4n) is 3.76. The molecule has 0 bridgehead atoms. The average molecular weight is 359 g/mol. The Labute approximate surface area is 152 Å². The van der Waals surface area contributed by atoms with Gasteiger partial charge in [-0.25, -0.2) is 0 Å². The lowest BCUT2D eigenvalue weighted by Crippen LogP contribution is -2.08. The Hall–Kier alpha value is -2.90. The van der Waals surface area contributed by atoms with Crippen molar-refractivity contribution in [2.24, 2.45) is 0 Å². The number of hydrogen-bond acceptors (Lipinski definition) is 3. The van der Waals surface area contributed by atoms with Crippen LogP contribution in [0.1, 0.15) is 0 Å². The lowest BCUT2D eigenvalue weighted by molar-refractivity contribution is 0.663. The third kappa shape index (κ3) is 2.21. The minimum absolute atomic E-state index is 0.0468. The molecule has 0 aliphatic rings. The monoisotopic (exact) mass is 359 g/mol. The van der Waals surface area contributed by atoms with Gasteiger partial charge in [0.1, 0.15) is 11.2 Å². The van der Waals surface area contributed by atoms with Gasteiger partial charge >= 0.3 is 0 Å². The number of benzene rings is 4. The van der Waals surface area contributed by atoms with Crippen LogP contribution in [0, 0.1) is 0 Å². The van der Waals surface area contributed by atoms with Crippen LogP contribution in [0.15, 0.2) is 75.1 Å². The van der Waals surface area contributed by atoms with Gasteiger partial charge in [0.15, 0.2) is 0 Å². The minimum Gasteiger partial charge on any atom is -0.421 e. The van der Waals surface area contributed by atoms with Crippen LogP contribution in [-0.2, 0) is 0 Å². The Morgan fingerprint density at radius 2 is 1.35 bits per heavy atom. The summed E-state index contributed by atoms with van der Waals surface area (Å²) in [4.78, 5) is 2.15. The summed E-state index contributed by atoms with van der Waals surface area (Å²) in [5.74, 6) is 0. The van der Waals surface area contributed by atoms with Crippen LogP contribution in [0.3, 0.4) is 0 Å². The van der Waals surface area contributed by atoms with Crippen LogP contribution in [0.2, 0.25) is 0 Å². The summed E-state index contributed by atoms with van der Waals surface area (Å²) >= 11 is 0. The Morgan fingerprint density at radius 3 is 2.15 bits per heavy atom. The molecule has 1 atom stereocenters. The standard InChI is InChI=1S/C22H18NO2P/c1-23(2)18-9-5-8-17-16(18)11-13-20-22(17)21-15-7-4-3-6-14(15)10-12-19(21)24-26-25-20/h3-13,26H,1-2H3. The zero-order valence-corrected chi connectivity index (χ0v) is 15.6. The van der Waals surface area contributed by atoms with Gasteiger partial charge in [-0.15, -0.1) is 0 Å². The summed E-state index contributed by atoms with van der Waals surface area (Å²) < 4.78 is 11.9. The number of hydrogen-bond donors (Lipinski definition) is 0. The SMILES string of the molecule is CN(C)c1cccc2c1ccc1o[pH]oc3ccc4ccccc4c3c12. The summed E-state index contributed by atoms with van der Waals surface area (Å²) in [6.07, 6.45) is 0. The van der Waals surface area contributed by atoms with E-state index in [4.69, 9.17) is 8.39 Å². The molecule has 0 saturated carbocycles. The predicted molar refractivity (Wildman–Crippen MR) is 112 cm³/mol. The third-order valence-electron chi connectivity index (χ3n) is 4.93. The first-order chi connectivity index (χ1) is 12.7. The number of fused-ring (bicyclic) bond motifs is 7. The molecule has 0 fully saturated rings. The molecule has 5 rings (SSSR count). The molecule has 1 unspecified atom stereocenters. The van der Waals surface area contributed by atoms with E-state index in [0.717, 1.165) is 21.9 Å². The number of anilines is 1. The molecule has 1 heterocycles. The summed E-state index contributed by atoms with van der Waals surface area (Å²) in [7, 11) is 4.10. The molecule has 4 heteroatoms. The van der Waals surface area contributed by atoms with Gasteiger partial charge in [-0.1, -0.05) is 42.5 Å². The lowest BCUT2D eigenvalue weighted by atomic mass is 9.98. The zero-order chi connectivity index (χ0) is 17.7. The highest BCUT2D eigenvalue weighted by Crippen LogP contribution is 2.38. The van der Waals surface area contributed by atoms with Crippen LogP contribution >= 0.6 is 8.67 Å². The fraction of sp³-hybridized carbons (Fsp3) is 0.0909. The third-order valence-corrected chi connectivity index (χ3v) is 5.53. The molecule has 0 radical (unpaired) electrons. The Balaban J connectivity index is 2.15. The molecule has 0 amide bonds. The first-order valence-corrected chi connectivity index (χ1v) is 9.39. The van der Waals surface area contributed by atoms with E-state index in [-0.39, 0.29) is 8.67 Å². The highest BCUT2D eigenvalue weighted by Gasteiger charge is 2.12. The largest absolute Gasteiger partial charge is 0.421 e. The Kier molecular flexibility index (Phi) is 3.44. The smallest absolute Gasteiger partial charge is 0.201 e. The molecule has 3 nitrogen and oxygen atoms in total. The average Bonchev–Trinajstić information content (AvgIpc) is 2.86. The molecule has 0 spiro atoms. The first-order valence-electron chi connectivity index (χ1n) is 8.58.